The standard InChI is InChI=1S/C22H29FO7/c1-11(12(2)24)22-19(30-22)7-14-10-29-18(21(28)20(14)27)9-16(25)8-17(26)13-3-5-15(23)6-4-13/h3-6,11-12,14,18-22,24,27-28H,7-10H2,1-2H3/t11-,12-,14-,18-,19-,20+,21-,22-/m0/s1. The molecule has 166 valence electrons. The van der Waals surface area contributed by atoms with Gasteiger partial charge in [0.05, 0.1) is 43.5 Å². The van der Waals surface area contributed by atoms with Crippen LogP contribution in [0.2, 0.25) is 0 Å². The molecule has 2 aliphatic rings. The lowest BCUT2D eigenvalue weighted by Crippen LogP contribution is -2.51. The number of carbonyl (C=O) groups excluding carboxylic acids is 2. The molecular formula is C22H29FO7. The van der Waals surface area contributed by atoms with Crippen LogP contribution in [0.3, 0.4) is 0 Å². The van der Waals surface area contributed by atoms with Crippen molar-refractivity contribution in [1.29, 1.82) is 0 Å². The minimum Gasteiger partial charge on any atom is -0.393 e. The highest BCUT2D eigenvalue weighted by atomic mass is 19.1. The molecular weight excluding hydrogens is 395 g/mol. The summed E-state index contributed by atoms with van der Waals surface area (Å²) >= 11 is 0. The van der Waals surface area contributed by atoms with E-state index in [1.165, 1.54) is 12.1 Å². The van der Waals surface area contributed by atoms with Gasteiger partial charge in [-0.2, -0.15) is 0 Å². The first-order chi connectivity index (χ1) is 14.2. The van der Waals surface area contributed by atoms with Crippen LogP contribution in [-0.4, -0.2) is 70.1 Å². The Hall–Kier alpha value is -1.71. The number of ether oxygens (including phenoxy) is 2. The lowest BCUT2D eigenvalue weighted by Gasteiger charge is -2.37. The number of rotatable bonds is 9. The molecule has 8 heteroatoms. The Balaban J connectivity index is 1.47. The molecule has 30 heavy (non-hydrogen) atoms. The molecule has 2 heterocycles. The topological polar surface area (TPSA) is 117 Å². The van der Waals surface area contributed by atoms with Gasteiger partial charge in [0.2, 0.25) is 0 Å². The van der Waals surface area contributed by atoms with Gasteiger partial charge in [-0.25, -0.2) is 4.39 Å². The predicted molar refractivity (Wildman–Crippen MR) is 104 cm³/mol. The normalized spacial score (nSPS) is 33.0. The molecule has 0 spiro atoms. The molecule has 8 atom stereocenters. The number of hydrogen-bond donors (Lipinski definition) is 3. The Labute approximate surface area is 174 Å². The maximum atomic E-state index is 12.9. The Morgan fingerprint density at radius 2 is 1.80 bits per heavy atom. The lowest BCUT2D eigenvalue weighted by molar-refractivity contribution is -0.170. The van der Waals surface area contributed by atoms with Gasteiger partial charge in [0.1, 0.15) is 17.7 Å². The van der Waals surface area contributed by atoms with E-state index in [2.05, 4.69) is 0 Å². The molecule has 3 N–H and O–H groups in total. The fourth-order valence-corrected chi connectivity index (χ4v) is 3.93. The summed E-state index contributed by atoms with van der Waals surface area (Å²) in [5.41, 5.74) is 0.236. The molecule has 0 unspecified atom stereocenters. The van der Waals surface area contributed by atoms with Gasteiger partial charge in [-0.15, -0.1) is 0 Å². The number of benzene rings is 1. The van der Waals surface area contributed by atoms with Crippen LogP contribution < -0.4 is 0 Å². The van der Waals surface area contributed by atoms with E-state index >= 15 is 0 Å². The monoisotopic (exact) mass is 424 g/mol. The Bertz CT molecular complexity index is 750. The summed E-state index contributed by atoms with van der Waals surface area (Å²) in [6, 6.07) is 4.93. The number of carbonyl (C=O) groups is 2. The number of halogens is 1. The number of epoxide rings is 1. The smallest absolute Gasteiger partial charge is 0.170 e. The summed E-state index contributed by atoms with van der Waals surface area (Å²) in [4.78, 5) is 24.4. The van der Waals surface area contributed by atoms with E-state index in [0.29, 0.717) is 6.42 Å². The summed E-state index contributed by atoms with van der Waals surface area (Å²) in [6.45, 7) is 3.76. The van der Waals surface area contributed by atoms with E-state index in [4.69, 9.17) is 9.47 Å². The number of ketones is 2. The van der Waals surface area contributed by atoms with E-state index in [1.807, 2.05) is 6.92 Å². The summed E-state index contributed by atoms with van der Waals surface area (Å²) in [7, 11) is 0. The van der Waals surface area contributed by atoms with Crippen molar-refractivity contribution in [3.05, 3.63) is 35.6 Å². The summed E-state index contributed by atoms with van der Waals surface area (Å²) < 4.78 is 24.2. The second kappa shape index (κ2) is 9.62. The van der Waals surface area contributed by atoms with Crippen LogP contribution in [0.1, 0.15) is 43.5 Å². The fourth-order valence-electron chi connectivity index (χ4n) is 3.93. The van der Waals surface area contributed by atoms with E-state index in [0.717, 1.165) is 12.1 Å². The van der Waals surface area contributed by atoms with E-state index in [1.54, 1.807) is 6.92 Å². The Morgan fingerprint density at radius 1 is 1.13 bits per heavy atom. The lowest BCUT2D eigenvalue weighted by atomic mass is 9.85. The third-order valence-corrected chi connectivity index (χ3v) is 6.13. The van der Waals surface area contributed by atoms with Gasteiger partial charge < -0.3 is 24.8 Å². The fraction of sp³-hybridized carbons (Fsp3) is 0.636. The Kier molecular flexibility index (Phi) is 7.36. The molecule has 3 rings (SSSR count). The van der Waals surface area contributed by atoms with Gasteiger partial charge in [0, 0.05) is 23.8 Å². The quantitative estimate of drug-likeness (QED) is 0.310. The molecule has 0 saturated carbocycles. The summed E-state index contributed by atoms with van der Waals surface area (Å²) in [5, 5.41) is 30.5. The average Bonchev–Trinajstić information content (AvgIpc) is 3.46. The van der Waals surface area contributed by atoms with Crippen molar-refractivity contribution < 1.29 is 38.8 Å². The molecule has 2 aliphatic heterocycles. The molecule has 0 amide bonds. The highest BCUT2D eigenvalue weighted by Crippen LogP contribution is 2.38. The van der Waals surface area contributed by atoms with Crippen molar-refractivity contribution in [2.45, 2.75) is 69.7 Å². The van der Waals surface area contributed by atoms with Crippen molar-refractivity contribution in [1.82, 2.24) is 0 Å². The van der Waals surface area contributed by atoms with Crippen LogP contribution in [0.15, 0.2) is 24.3 Å². The van der Waals surface area contributed by atoms with Crippen LogP contribution in [-0.2, 0) is 14.3 Å². The van der Waals surface area contributed by atoms with Gasteiger partial charge in [-0.3, -0.25) is 9.59 Å². The van der Waals surface area contributed by atoms with Gasteiger partial charge in [0.25, 0.3) is 0 Å². The summed E-state index contributed by atoms with van der Waals surface area (Å²) in [5.74, 6) is -1.69. The zero-order valence-electron chi connectivity index (χ0n) is 17.1. The number of Topliss-reactive ketones (excluding diaryl/α,β-unsaturated/α-hetero) is 2. The van der Waals surface area contributed by atoms with E-state index in [-0.39, 0.29) is 49.1 Å². The molecule has 0 aliphatic carbocycles. The highest BCUT2D eigenvalue weighted by molar-refractivity contribution is 6.08. The number of aliphatic hydroxyl groups is 3. The first kappa shape index (κ1) is 23.0. The molecule has 2 saturated heterocycles. The number of hydrogen-bond acceptors (Lipinski definition) is 7. The van der Waals surface area contributed by atoms with Crippen molar-refractivity contribution in [3.8, 4) is 0 Å². The maximum absolute atomic E-state index is 12.9. The molecule has 0 aromatic heterocycles. The van der Waals surface area contributed by atoms with Crippen molar-refractivity contribution >= 4 is 11.6 Å². The SMILES string of the molecule is C[C@H]([C@@H]1O[C@H]1C[C@H]1CO[C@@H](CC(=O)CC(=O)c2ccc(F)cc2)[C@H](O)[C@@H]1O)[C@H](C)O. The van der Waals surface area contributed by atoms with Crippen molar-refractivity contribution in [3.63, 3.8) is 0 Å². The molecule has 0 radical (unpaired) electrons. The third-order valence-electron chi connectivity index (χ3n) is 6.13. The van der Waals surface area contributed by atoms with Gasteiger partial charge >= 0.3 is 0 Å². The van der Waals surface area contributed by atoms with Gasteiger partial charge in [0.15, 0.2) is 5.78 Å². The first-order valence-electron chi connectivity index (χ1n) is 10.3. The minimum absolute atomic E-state index is 0.0226. The zero-order chi connectivity index (χ0) is 22.0. The maximum Gasteiger partial charge on any atom is 0.170 e. The summed E-state index contributed by atoms with van der Waals surface area (Å²) in [6.07, 6.45) is -3.97. The van der Waals surface area contributed by atoms with Gasteiger partial charge in [-0.1, -0.05) is 6.92 Å². The van der Waals surface area contributed by atoms with Crippen molar-refractivity contribution in [2.24, 2.45) is 11.8 Å². The van der Waals surface area contributed by atoms with Crippen LogP contribution in [0.25, 0.3) is 0 Å². The molecule has 1 aromatic carbocycles. The molecule has 1 aromatic rings. The van der Waals surface area contributed by atoms with Crippen LogP contribution >= 0.6 is 0 Å². The predicted octanol–water partition coefficient (Wildman–Crippen LogP) is 1.27. The Morgan fingerprint density at radius 3 is 2.43 bits per heavy atom. The highest BCUT2D eigenvalue weighted by Gasteiger charge is 2.48. The first-order valence-corrected chi connectivity index (χ1v) is 10.3. The van der Waals surface area contributed by atoms with E-state index in [9.17, 15) is 29.3 Å². The molecule has 0 bridgehead atoms. The second-order valence-electron chi connectivity index (χ2n) is 8.44. The largest absolute Gasteiger partial charge is 0.393 e. The van der Waals surface area contributed by atoms with Crippen LogP contribution in [0.4, 0.5) is 4.39 Å². The third kappa shape index (κ3) is 5.50. The van der Waals surface area contributed by atoms with Crippen molar-refractivity contribution in [2.75, 3.05) is 6.61 Å². The average molecular weight is 424 g/mol. The van der Waals surface area contributed by atoms with Crippen LogP contribution in [0.5, 0.6) is 0 Å². The van der Waals surface area contributed by atoms with Crippen LogP contribution in [0, 0.1) is 17.7 Å². The molecule has 2 fully saturated rings. The molecule has 7 nitrogen and oxygen atoms in total. The van der Waals surface area contributed by atoms with Gasteiger partial charge in [-0.05, 0) is 37.6 Å². The number of aliphatic hydroxyl groups excluding tert-OH is 3. The second-order valence-corrected chi connectivity index (χ2v) is 8.44. The minimum atomic E-state index is -1.25. The zero-order valence-corrected chi connectivity index (χ0v) is 17.1. The van der Waals surface area contributed by atoms with E-state index < -0.39 is 41.8 Å².